The Morgan fingerprint density at radius 2 is 1.78 bits per heavy atom. The lowest BCUT2D eigenvalue weighted by atomic mass is 9.83. The van der Waals surface area contributed by atoms with Gasteiger partial charge < -0.3 is 4.42 Å². The minimum Gasteiger partial charge on any atom is -0.457 e. The number of aryl methyl sites for hydroxylation is 1. The number of thiazole rings is 1. The van der Waals surface area contributed by atoms with Crippen molar-refractivity contribution in [1.29, 1.82) is 0 Å². The number of fused-ring (bicyclic) bond motifs is 3. The van der Waals surface area contributed by atoms with Crippen LogP contribution in [-0.2, 0) is 12.6 Å². The van der Waals surface area contributed by atoms with E-state index in [1.54, 1.807) is 28.8 Å². The van der Waals surface area contributed by atoms with Crippen LogP contribution >= 0.6 is 22.9 Å². The van der Waals surface area contributed by atoms with E-state index in [1.165, 1.54) is 23.0 Å². The molecule has 204 valence electrons. The molecule has 1 aliphatic heterocycles. The summed E-state index contributed by atoms with van der Waals surface area (Å²) in [6.45, 7) is 0. The summed E-state index contributed by atoms with van der Waals surface area (Å²) in [4.78, 5) is 19.4. The quantitative estimate of drug-likeness (QED) is 0.223. The third-order valence-corrected chi connectivity index (χ3v) is 8.67. The molecule has 0 radical (unpaired) electrons. The van der Waals surface area contributed by atoms with Gasteiger partial charge in [-0.2, -0.15) is 13.2 Å². The third kappa shape index (κ3) is 4.57. The number of hydrogen-bond acceptors (Lipinski definition) is 4. The molecule has 41 heavy (non-hydrogen) atoms. The van der Waals surface area contributed by atoms with Crippen molar-refractivity contribution >= 4 is 34.7 Å². The van der Waals surface area contributed by atoms with Gasteiger partial charge in [0.1, 0.15) is 11.5 Å². The summed E-state index contributed by atoms with van der Waals surface area (Å²) >= 11 is 7.45. The molecule has 9 heteroatoms. The van der Waals surface area contributed by atoms with Gasteiger partial charge in [0.25, 0.3) is 5.56 Å². The van der Waals surface area contributed by atoms with Crippen molar-refractivity contribution < 1.29 is 17.6 Å². The number of hydrogen-bond donors (Lipinski definition) is 0. The van der Waals surface area contributed by atoms with Crippen molar-refractivity contribution in [2.45, 2.75) is 25.1 Å². The fourth-order valence-electron chi connectivity index (χ4n) is 5.53. The van der Waals surface area contributed by atoms with Crippen LogP contribution in [0.5, 0.6) is 0 Å². The second kappa shape index (κ2) is 9.75. The summed E-state index contributed by atoms with van der Waals surface area (Å²) in [6.07, 6.45) is -1.22. The lowest BCUT2D eigenvalue weighted by Gasteiger charge is -2.30. The Labute approximate surface area is 241 Å². The first-order valence-electron chi connectivity index (χ1n) is 12.9. The Kier molecular flexibility index (Phi) is 6.14. The van der Waals surface area contributed by atoms with E-state index < -0.39 is 11.7 Å². The second-order valence-corrected chi connectivity index (χ2v) is 11.4. The predicted octanol–water partition coefficient (Wildman–Crippen LogP) is 7.25. The average molecular weight is 589 g/mol. The molecule has 1 unspecified atom stereocenters. The van der Waals surface area contributed by atoms with Crippen molar-refractivity contribution in [3.63, 3.8) is 0 Å². The number of furan rings is 1. The first kappa shape index (κ1) is 25.8. The molecule has 2 aromatic heterocycles. The third-order valence-electron chi connectivity index (χ3n) is 7.43. The molecule has 0 saturated heterocycles. The standard InChI is InChI=1S/C32H20ClF3N2O2S/c33-22-11-8-19(9-12-22)29-25-14-10-18-4-1-2-7-24(18)28(25)37-31-38(29)30(39)27(41-31)17-23-13-15-26(40-23)20-5-3-6-21(16-20)32(34,35)36/h1-9,11-13,15-17,29H,10,14H2/b27-17+. The Bertz CT molecular complexity index is 2030. The van der Waals surface area contributed by atoms with Gasteiger partial charge in [0.05, 0.1) is 21.8 Å². The molecular weight excluding hydrogens is 569 g/mol. The SMILES string of the molecule is O=c1/c(=C\c2ccc(-c3cccc(C(F)(F)F)c3)o2)sc2n1C(c1ccc(Cl)cc1)C1=C(N=2)c2ccccc2CC1. The average Bonchev–Trinajstić information content (AvgIpc) is 3.56. The van der Waals surface area contributed by atoms with Crippen molar-refractivity contribution in [2.24, 2.45) is 4.99 Å². The molecule has 3 aromatic carbocycles. The van der Waals surface area contributed by atoms with Gasteiger partial charge in [0.15, 0.2) is 4.80 Å². The maximum atomic E-state index is 13.9. The van der Waals surface area contributed by atoms with Crippen LogP contribution in [0.2, 0.25) is 5.02 Å². The summed E-state index contributed by atoms with van der Waals surface area (Å²) in [6, 6.07) is 23.6. The Morgan fingerprint density at radius 3 is 2.59 bits per heavy atom. The van der Waals surface area contributed by atoms with Crippen molar-refractivity contribution in [3.8, 4) is 11.3 Å². The minimum atomic E-state index is -4.46. The highest BCUT2D eigenvalue weighted by molar-refractivity contribution is 7.07. The minimum absolute atomic E-state index is 0.212. The monoisotopic (exact) mass is 588 g/mol. The fourth-order valence-corrected chi connectivity index (χ4v) is 6.64. The molecule has 0 bridgehead atoms. The van der Waals surface area contributed by atoms with Gasteiger partial charge in [-0.05, 0) is 65.9 Å². The summed E-state index contributed by atoms with van der Waals surface area (Å²) in [5.41, 5.74) is 4.54. The lowest BCUT2D eigenvalue weighted by molar-refractivity contribution is -0.137. The predicted molar refractivity (Wildman–Crippen MR) is 153 cm³/mol. The molecular formula is C32H20ClF3N2O2S. The molecule has 0 fully saturated rings. The number of alkyl halides is 3. The van der Waals surface area contributed by atoms with Crippen LogP contribution in [0.15, 0.2) is 105 Å². The van der Waals surface area contributed by atoms with Gasteiger partial charge in [-0.3, -0.25) is 9.36 Å². The zero-order chi connectivity index (χ0) is 28.3. The van der Waals surface area contributed by atoms with E-state index in [4.69, 9.17) is 21.0 Å². The van der Waals surface area contributed by atoms with Crippen molar-refractivity contribution in [3.05, 3.63) is 143 Å². The first-order valence-corrected chi connectivity index (χ1v) is 14.1. The maximum Gasteiger partial charge on any atom is 0.416 e. The van der Waals surface area contributed by atoms with E-state index in [2.05, 4.69) is 12.1 Å². The molecule has 1 aliphatic carbocycles. The van der Waals surface area contributed by atoms with Crippen LogP contribution in [0, 0.1) is 0 Å². The van der Waals surface area contributed by atoms with E-state index >= 15 is 0 Å². The molecule has 2 aliphatic rings. The number of halogens is 4. The highest BCUT2D eigenvalue weighted by atomic mass is 35.5. The summed E-state index contributed by atoms with van der Waals surface area (Å²) in [7, 11) is 0. The van der Waals surface area contributed by atoms with Crippen LogP contribution in [0.25, 0.3) is 23.1 Å². The molecule has 0 amide bonds. The number of allylic oxidation sites excluding steroid dienone is 1. The Balaban J connectivity index is 1.36. The fraction of sp³-hybridized carbons (Fsp3) is 0.125. The van der Waals surface area contributed by atoms with Crippen LogP contribution < -0.4 is 14.9 Å². The van der Waals surface area contributed by atoms with Crippen LogP contribution in [0.4, 0.5) is 13.2 Å². The summed E-state index contributed by atoms with van der Waals surface area (Å²) in [5.74, 6) is 0.640. The van der Waals surface area contributed by atoms with Crippen molar-refractivity contribution in [2.75, 3.05) is 0 Å². The van der Waals surface area contributed by atoms with Gasteiger partial charge >= 0.3 is 6.18 Å². The molecule has 7 rings (SSSR count). The lowest BCUT2D eigenvalue weighted by Crippen LogP contribution is -2.38. The topological polar surface area (TPSA) is 47.5 Å². The molecule has 0 N–H and O–H groups in total. The zero-order valence-electron chi connectivity index (χ0n) is 21.3. The molecule has 4 nitrogen and oxygen atoms in total. The highest BCUT2D eigenvalue weighted by Crippen LogP contribution is 2.41. The largest absolute Gasteiger partial charge is 0.457 e. The second-order valence-electron chi connectivity index (χ2n) is 9.95. The molecule has 1 atom stereocenters. The van der Waals surface area contributed by atoms with Crippen molar-refractivity contribution in [1.82, 2.24) is 4.57 Å². The highest BCUT2D eigenvalue weighted by Gasteiger charge is 2.33. The van der Waals surface area contributed by atoms with Gasteiger partial charge in [-0.15, -0.1) is 0 Å². The van der Waals surface area contributed by atoms with Gasteiger partial charge in [0, 0.05) is 22.2 Å². The van der Waals surface area contributed by atoms with Crippen LogP contribution in [-0.4, -0.2) is 4.57 Å². The summed E-state index contributed by atoms with van der Waals surface area (Å²) < 4.78 is 47.6. The van der Waals surface area contributed by atoms with Gasteiger partial charge in [0.2, 0.25) is 0 Å². The normalized spacial score (nSPS) is 16.7. The van der Waals surface area contributed by atoms with E-state index in [0.717, 1.165) is 47.4 Å². The van der Waals surface area contributed by atoms with E-state index in [0.29, 0.717) is 25.7 Å². The van der Waals surface area contributed by atoms with Crippen LogP contribution in [0.3, 0.4) is 0 Å². The number of benzene rings is 3. The van der Waals surface area contributed by atoms with Gasteiger partial charge in [-0.25, -0.2) is 4.99 Å². The molecule has 0 spiro atoms. The number of aromatic nitrogens is 1. The van der Waals surface area contributed by atoms with E-state index in [9.17, 15) is 18.0 Å². The maximum absolute atomic E-state index is 13.9. The molecule has 3 heterocycles. The number of nitrogens with zero attached hydrogens (tertiary/aromatic N) is 2. The smallest absolute Gasteiger partial charge is 0.416 e. The summed E-state index contributed by atoms with van der Waals surface area (Å²) in [5, 5.41) is 0.610. The Hall–Kier alpha value is -4.14. The van der Waals surface area contributed by atoms with E-state index in [1.807, 2.05) is 36.4 Å². The molecule has 0 saturated carbocycles. The van der Waals surface area contributed by atoms with Gasteiger partial charge in [-0.1, -0.05) is 71.5 Å². The number of rotatable bonds is 3. The van der Waals surface area contributed by atoms with E-state index in [-0.39, 0.29) is 17.4 Å². The molecule has 5 aromatic rings. The Morgan fingerprint density at radius 1 is 0.976 bits per heavy atom. The van der Waals surface area contributed by atoms with Crippen LogP contribution in [0.1, 0.15) is 40.5 Å². The zero-order valence-corrected chi connectivity index (χ0v) is 22.9. The first-order chi connectivity index (χ1) is 19.8.